The number of rotatable bonds is 6. The molecule has 4 amide bonds. The van der Waals surface area contributed by atoms with E-state index < -0.39 is 30.0 Å². The molecule has 150 valence electrons. The third-order valence-corrected chi connectivity index (χ3v) is 4.38. The Bertz CT molecular complexity index is 939. The number of esters is 1. The molecule has 0 aliphatic carbocycles. The first-order valence-electron chi connectivity index (χ1n) is 9.01. The van der Waals surface area contributed by atoms with Gasteiger partial charge in [0.25, 0.3) is 11.8 Å². The number of hydrogen-bond acceptors (Lipinski definition) is 5. The first-order chi connectivity index (χ1) is 13.8. The zero-order valence-corrected chi connectivity index (χ0v) is 16.1. The fourth-order valence-corrected chi connectivity index (χ4v) is 2.78. The maximum Gasteiger partial charge on any atom is 0.326 e. The molecule has 0 unspecified atom stereocenters. The van der Waals surface area contributed by atoms with Crippen LogP contribution in [0.15, 0.2) is 54.6 Å². The maximum atomic E-state index is 12.2. The van der Waals surface area contributed by atoms with Gasteiger partial charge in [0.05, 0.1) is 0 Å². The third-order valence-electron chi connectivity index (χ3n) is 4.38. The minimum atomic E-state index is -1.03. The minimum Gasteiger partial charge on any atom is -0.459 e. The van der Waals surface area contributed by atoms with Gasteiger partial charge in [0.15, 0.2) is 0 Å². The fourth-order valence-electron chi connectivity index (χ4n) is 2.78. The lowest BCUT2D eigenvalue weighted by Gasteiger charge is -2.15. The number of nitrogens with zero attached hydrogens (tertiary/aromatic N) is 1. The van der Waals surface area contributed by atoms with Crippen molar-refractivity contribution in [3.63, 3.8) is 0 Å². The molecule has 2 N–H and O–H groups in total. The number of amides is 4. The van der Waals surface area contributed by atoms with Crippen LogP contribution in [0.5, 0.6) is 0 Å². The number of benzene rings is 2. The van der Waals surface area contributed by atoms with Crippen molar-refractivity contribution in [2.75, 3.05) is 11.9 Å². The van der Waals surface area contributed by atoms with E-state index in [0.717, 1.165) is 4.90 Å². The molecule has 29 heavy (non-hydrogen) atoms. The molecular weight excluding hydrogens is 374 g/mol. The lowest BCUT2D eigenvalue weighted by Crippen LogP contribution is -2.41. The summed E-state index contributed by atoms with van der Waals surface area (Å²) in [5, 5.41) is 5.28. The average Bonchev–Trinajstić information content (AvgIpc) is 2.89. The molecule has 0 spiro atoms. The average molecular weight is 395 g/mol. The minimum absolute atomic E-state index is 0.0353. The molecule has 1 heterocycles. The second-order valence-electron chi connectivity index (χ2n) is 7.12. The molecule has 0 bridgehead atoms. The van der Waals surface area contributed by atoms with Gasteiger partial charge in [-0.05, 0) is 43.7 Å². The van der Waals surface area contributed by atoms with Gasteiger partial charge in [0.1, 0.15) is 18.7 Å². The monoisotopic (exact) mass is 395 g/mol. The molecule has 2 aromatic rings. The SMILES string of the molecule is CC1(C)NC(=O)N(CC(=O)OCc2ccc(C(=O)Nc3ccccc3)cc2)C1=O. The number of ether oxygens (including phenoxy) is 1. The van der Waals surface area contributed by atoms with Crippen LogP contribution in [0.2, 0.25) is 0 Å². The zero-order valence-electron chi connectivity index (χ0n) is 16.1. The van der Waals surface area contributed by atoms with Gasteiger partial charge in [-0.25, -0.2) is 4.79 Å². The standard InChI is InChI=1S/C21H21N3O5/c1-21(2)19(27)24(20(28)23-21)12-17(25)29-13-14-8-10-15(11-9-14)18(26)22-16-6-4-3-5-7-16/h3-11H,12-13H2,1-2H3,(H,22,26)(H,23,28). The van der Waals surface area contributed by atoms with Crippen LogP contribution in [0, 0.1) is 0 Å². The molecule has 0 saturated carbocycles. The van der Waals surface area contributed by atoms with E-state index in [1.54, 1.807) is 50.2 Å². The van der Waals surface area contributed by atoms with E-state index in [2.05, 4.69) is 10.6 Å². The Balaban J connectivity index is 1.51. The summed E-state index contributed by atoms with van der Waals surface area (Å²) in [6.07, 6.45) is 0. The summed E-state index contributed by atoms with van der Waals surface area (Å²) >= 11 is 0. The van der Waals surface area contributed by atoms with Crippen LogP contribution < -0.4 is 10.6 Å². The van der Waals surface area contributed by atoms with Crippen LogP contribution in [-0.4, -0.2) is 40.8 Å². The molecule has 8 heteroatoms. The van der Waals surface area contributed by atoms with Gasteiger partial charge >= 0.3 is 12.0 Å². The lowest BCUT2D eigenvalue weighted by atomic mass is 10.1. The first-order valence-corrected chi connectivity index (χ1v) is 9.01. The molecular formula is C21H21N3O5. The third kappa shape index (κ3) is 4.78. The van der Waals surface area contributed by atoms with Crippen molar-refractivity contribution in [3.05, 3.63) is 65.7 Å². The quantitative estimate of drug-likeness (QED) is 0.577. The fraction of sp³-hybridized carbons (Fsp3) is 0.238. The van der Waals surface area contributed by atoms with E-state index >= 15 is 0 Å². The molecule has 1 saturated heterocycles. The molecule has 1 aliphatic heterocycles. The summed E-state index contributed by atoms with van der Waals surface area (Å²) in [7, 11) is 0. The number of urea groups is 1. The number of nitrogens with one attached hydrogen (secondary N) is 2. The lowest BCUT2D eigenvalue weighted by molar-refractivity contribution is -0.148. The van der Waals surface area contributed by atoms with Gasteiger partial charge in [-0.2, -0.15) is 0 Å². The van der Waals surface area contributed by atoms with Crippen molar-refractivity contribution >= 4 is 29.5 Å². The molecule has 0 aromatic heterocycles. The van der Waals surface area contributed by atoms with Crippen molar-refractivity contribution in [1.29, 1.82) is 0 Å². The van der Waals surface area contributed by atoms with E-state index in [1.807, 2.05) is 18.2 Å². The zero-order chi connectivity index (χ0) is 21.0. The normalized spacial score (nSPS) is 15.0. The van der Waals surface area contributed by atoms with Crippen LogP contribution in [0.3, 0.4) is 0 Å². The Hall–Kier alpha value is -3.68. The van der Waals surface area contributed by atoms with Gasteiger partial charge in [0.2, 0.25) is 0 Å². The molecule has 3 rings (SSSR count). The van der Waals surface area contributed by atoms with Crippen molar-refractivity contribution in [3.8, 4) is 0 Å². The highest BCUT2D eigenvalue weighted by molar-refractivity contribution is 6.08. The number of carbonyl (C=O) groups is 4. The van der Waals surface area contributed by atoms with Gasteiger partial charge in [0, 0.05) is 11.3 Å². The van der Waals surface area contributed by atoms with Crippen molar-refractivity contribution in [2.45, 2.75) is 26.0 Å². The van der Waals surface area contributed by atoms with Gasteiger partial charge in [-0.3, -0.25) is 19.3 Å². The van der Waals surface area contributed by atoms with Crippen molar-refractivity contribution in [1.82, 2.24) is 10.2 Å². The largest absolute Gasteiger partial charge is 0.459 e. The van der Waals surface area contributed by atoms with E-state index in [-0.39, 0.29) is 12.5 Å². The Kier molecular flexibility index (Phi) is 5.63. The number of hydrogen-bond donors (Lipinski definition) is 2. The van der Waals surface area contributed by atoms with Crippen molar-refractivity contribution < 1.29 is 23.9 Å². The smallest absolute Gasteiger partial charge is 0.326 e. The topological polar surface area (TPSA) is 105 Å². The second-order valence-corrected chi connectivity index (χ2v) is 7.12. The second kappa shape index (κ2) is 8.14. The Morgan fingerprint density at radius 3 is 2.28 bits per heavy atom. The predicted molar refractivity (Wildman–Crippen MR) is 105 cm³/mol. The number of imide groups is 1. The summed E-state index contributed by atoms with van der Waals surface area (Å²) in [5.41, 5.74) is 0.796. The Morgan fingerprint density at radius 2 is 1.69 bits per heavy atom. The predicted octanol–water partition coefficient (Wildman–Crippen LogP) is 2.31. The highest BCUT2D eigenvalue weighted by Crippen LogP contribution is 2.16. The number of anilines is 1. The summed E-state index contributed by atoms with van der Waals surface area (Å²) in [6, 6.07) is 15.1. The van der Waals surface area contributed by atoms with Crippen LogP contribution in [0.1, 0.15) is 29.8 Å². The highest BCUT2D eigenvalue weighted by atomic mass is 16.5. The summed E-state index contributed by atoms with van der Waals surface area (Å²) in [6.45, 7) is 2.64. The van der Waals surface area contributed by atoms with Crippen LogP contribution in [0.4, 0.5) is 10.5 Å². The van der Waals surface area contributed by atoms with Gasteiger partial charge < -0.3 is 15.4 Å². The van der Waals surface area contributed by atoms with Crippen LogP contribution in [-0.2, 0) is 20.9 Å². The molecule has 0 atom stereocenters. The van der Waals surface area contributed by atoms with E-state index in [9.17, 15) is 19.2 Å². The van der Waals surface area contributed by atoms with E-state index in [1.165, 1.54) is 0 Å². The number of para-hydroxylation sites is 1. The molecule has 1 fully saturated rings. The molecule has 8 nitrogen and oxygen atoms in total. The molecule has 1 aliphatic rings. The highest BCUT2D eigenvalue weighted by Gasteiger charge is 2.45. The van der Waals surface area contributed by atoms with Crippen LogP contribution >= 0.6 is 0 Å². The Morgan fingerprint density at radius 1 is 1.03 bits per heavy atom. The van der Waals surface area contributed by atoms with E-state index in [0.29, 0.717) is 16.8 Å². The summed E-state index contributed by atoms with van der Waals surface area (Å²) < 4.78 is 5.14. The Labute approximate surface area is 167 Å². The molecule has 0 radical (unpaired) electrons. The van der Waals surface area contributed by atoms with E-state index in [4.69, 9.17) is 4.74 Å². The molecule has 2 aromatic carbocycles. The van der Waals surface area contributed by atoms with Crippen LogP contribution in [0.25, 0.3) is 0 Å². The maximum absolute atomic E-state index is 12.2. The number of carbonyl (C=O) groups excluding carboxylic acids is 4. The summed E-state index contributed by atoms with van der Waals surface area (Å²) in [5.74, 6) is -1.42. The van der Waals surface area contributed by atoms with Crippen molar-refractivity contribution in [2.24, 2.45) is 0 Å². The van der Waals surface area contributed by atoms with Gasteiger partial charge in [-0.15, -0.1) is 0 Å². The first kappa shape index (κ1) is 20.1. The van der Waals surface area contributed by atoms with Gasteiger partial charge in [-0.1, -0.05) is 30.3 Å². The summed E-state index contributed by atoms with van der Waals surface area (Å²) in [4.78, 5) is 48.9.